The molecular formula is C17H27N3O. The highest BCUT2D eigenvalue weighted by Crippen LogP contribution is 2.29. The second-order valence-corrected chi connectivity index (χ2v) is 6.31. The van der Waals surface area contributed by atoms with E-state index < -0.39 is 0 Å². The molecule has 3 unspecified atom stereocenters. The summed E-state index contributed by atoms with van der Waals surface area (Å²) in [4.78, 5) is 15.8. The van der Waals surface area contributed by atoms with Crippen LogP contribution in [0.2, 0.25) is 0 Å². The lowest BCUT2D eigenvalue weighted by Crippen LogP contribution is -2.38. The van der Waals surface area contributed by atoms with Gasteiger partial charge in [0.1, 0.15) is 0 Å². The molecule has 1 amide bonds. The first-order valence-corrected chi connectivity index (χ1v) is 8.04. The second kappa shape index (κ2) is 8.13. The number of nitrogens with one attached hydrogen (secondary N) is 2. The number of aromatic nitrogens is 1. The molecule has 4 heteroatoms. The molecule has 2 rings (SSSR count). The standard InChI is InChI=1S/C17H27N3O/c1-13-5-6-16(10-14(13)2)19-9-7-17(21)20-12-15-4-3-8-18-11-15/h3-4,8,11,13-14,16,19H,5-7,9-10,12H2,1-2H3,(H,20,21). The molecule has 1 aliphatic carbocycles. The lowest BCUT2D eigenvalue weighted by Gasteiger charge is -2.32. The summed E-state index contributed by atoms with van der Waals surface area (Å²) in [5.41, 5.74) is 1.04. The maximum absolute atomic E-state index is 11.8. The van der Waals surface area contributed by atoms with Gasteiger partial charge >= 0.3 is 0 Å². The highest BCUT2D eigenvalue weighted by Gasteiger charge is 2.23. The Bertz CT molecular complexity index is 435. The van der Waals surface area contributed by atoms with E-state index in [1.165, 1.54) is 19.3 Å². The topological polar surface area (TPSA) is 54.0 Å². The summed E-state index contributed by atoms with van der Waals surface area (Å²) in [6.07, 6.45) is 7.83. The highest BCUT2D eigenvalue weighted by atomic mass is 16.1. The summed E-state index contributed by atoms with van der Waals surface area (Å²) in [6.45, 7) is 6.00. The molecule has 1 aromatic heterocycles. The molecule has 2 N–H and O–H groups in total. The van der Waals surface area contributed by atoms with Gasteiger partial charge in [0.05, 0.1) is 0 Å². The summed E-state index contributed by atoms with van der Waals surface area (Å²) >= 11 is 0. The Morgan fingerprint density at radius 3 is 2.90 bits per heavy atom. The first kappa shape index (κ1) is 16.0. The Balaban J connectivity index is 1.59. The Morgan fingerprint density at radius 1 is 1.33 bits per heavy atom. The van der Waals surface area contributed by atoms with Crippen molar-refractivity contribution in [1.29, 1.82) is 0 Å². The Labute approximate surface area is 127 Å². The van der Waals surface area contributed by atoms with Gasteiger partial charge in [0.2, 0.25) is 5.91 Å². The maximum atomic E-state index is 11.8. The van der Waals surface area contributed by atoms with E-state index in [4.69, 9.17) is 0 Å². The van der Waals surface area contributed by atoms with E-state index in [2.05, 4.69) is 29.5 Å². The van der Waals surface area contributed by atoms with Gasteiger partial charge < -0.3 is 10.6 Å². The van der Waals surface area contributed by atoms with E-state index in [1.54, 1.807) is 12.4 Å². The molecule has 1 saturated carbocycles. The smallest absolute Gasteiger partial charge is 0.221 e. The van der Waals surface area contributed by atoms with Gasteiger partial charge in [-0.15, -0.1) is 0 Å². The van der Waals surface area contributed by atoms with Crippen LogP contribution in [-0.2, 0) is 11.3 Å². The maximum Gasteiger partial charge on any atom is 0.221 e. The number of rotatable bonds is 6. The predicted octanol–water partition coefficient (Wildman–Crippen LogP) is 2.50. The number of pyridine rings is 1. The van der Waals surface area contributed by atoms with Gasteiger partial charge in [-0.05, 0) is 42.7 Å². The van der Waals surface area contributed by atoms with Gasteiger partial charge in [-0.25, -0.2) is 0 Å². The van der Waals surface area contributed by atoms with Crippen LogP contribution in [0.1, 0.15) is 45.1 Å². The fourth-order valence-electron chi connectivity index (χ4n) is 2.91. The van der Waals surface area contributed by atoms with E-state index in [9.17, 15) is 4.79 Å². The van der Waals surface area contributed by atoms with E-state index in [-0.39, 0.29) is 5.91 Å². The third-order valence-electron chi connectivity index (χ3n) is 4.60. The fraction of sp³-hybridized carbons (Fsp3) is 0.647. The van der Waals surface area contributed by atoms with Crippen molar-refractivity contribution in [3.63, 3.8) is 0 Å². The van der Waals surface area contributed by atoms with Crippen LogP contribution in [0, 0.1) is 11.8 Å². The third kappa shape index (κ3) is 5.46. The van der Waals surface area contributed by atoms with Crippen molar-refractivity contribution in [2.75, 3.05) is 6.54 Å². The van der Waals surface area contributed by atoms with Crippen molar-refractivity contribution in [2.24, 2.45) is 11.8 Å². The summed E-state index contributed by atoms with van der Waals surface area (Å²) in [7, 11) is 0. The van der Waals surface area contributed by atoms with Crippen LogP contribution in [0.3, 0.4) is 0 Å². The lowest BCUT2D eigenvalue weighted by molar-refractivity contribution is -0.121. The molecule has 0 radical (unpaired) electrons. The largest absolute Gasteiger partial charge is 0.352 e. The van der Waals surface area contributed by atoms with Crippen molar-refractivity contribution < 1.29 is 4.79 Å². The highest BCUT2D eigenvalue weighted by molar-refractivity contribution is 5.76. The Morgan fingerprint density at radius 2 is 2.19 bits per heavy atom. The van der Waals surface area contributed by atoms with Crippen molar-refractivity contribution >= 4 is 5.91 Å². The Kier molecular flexibility index (Phi) is 6.18. The van der Waals surface area contributed by atoms with Gasteiger partial charge in [0.25, 0.3) is 0 Å². The van der Waals surface area contributed by atoms with E-state index in [0.717, 1.165) is 23.9 Å². The summed E-state index contributed by atoms with van der Waals surface area (Å²) in [5, 5.41) is 6.46. The van der Waals surface area contributed by atoms with Gasteiger partial charge in [-0.1, -0.05) is 19.9 Å². The van der Waals surface area contributed by atoms with Crippen LogP contribution in [0.25, 0.3) is 0 Å². The molecule has 0 aliphatic heterocycles. The molecule has 1 heterocycles. The van der Waals surface area contributed by atoms with Crippen molar-refractivity contribution in [2.45, 2.75) is 52.1 Å². The van der Waals surface area contributed by atoms with Gasteiger partial charge in [0.15, 0.2) is 0 Å². The van der Waals surface area contributed by atoms with E-state index >= 15 is 0 Å². The lowest BCUT2D eigenvalue weighted by atomic mass is 9.79. The third-order valence-corrected chi connectivity index (χ3v) is 4.60. The van der Waals surface area contributed by atoms with Crippen molar-refractivity contribution in [1.82, 2.24) is 15.6 Å². The first-order chi connectivity index (χ1) is 10.1. The number of carbonyl (C=O) groups is 1. The van der Waals surface area contributed by atoms with E-state index in [1.807, 2.05) is 12.1 Å². The Hall–Kier alpha value is -1.42. The summed E-state index contributed by atoms with van der Waals surface area (Å²) in [5.74, 6) is 1.73. The molecule has 0 saturated heterocycles. The average molecular weight is 289 g/mol. The van der Waals surface area contributed by atoms with E-state index in [0.29, 0.717) is 19.0 Å². The number of hydrogen-bond acceptors (Lipinski definition) is 3. The number of nitrogens with zero attached hydrogens (tertiary/aromatic N) is 1. The van der Waals surface area contributed by atoms with Crippen molar-refractivity contribution in [3.05, 3.63) is 30.1 Å². The normalized spacial score (nSPS) is 25.5. The van der Waals surface area contributed by atoms with Crippen LogP contribution < -0.4 is 10.6 Å². The molecule has 116 valence electrons. The van der Waals surface area contributed by atoms with Crippen molar-refractivity contribution in [3.8, 4) is 0 Å². The first-order valence-electron chi connectivity index (χ1n) is 8.04. The van der Waals surface area contributed by atoms with Gasteiger partial charge in [-0.3, -0.25) is 9.78 Å². The molecule has 1 aliphatic rings. The minimum absolute atomic E-state index is 0.101. The van der Waals surface area contributed by atoms with Crippen LogP contribution in [0.5, 0.6) is 0 Å². The SMILES string of the molecule is CC1CCC(NCCC(=O)NCc2cccnc2)CC1C. The van der Waals surface area contributed by atoms with Gasteiger partial charge in [0, 0.05) is 37.9 Å². The molecule has 21 heavy (non-hydrogen) atoms. The van der Waals surface area contributed by atoms with Crippen LogP contribution in [0.4, 0.5) is 0 Å². The number of carbonyl (C=O) groups excluding carboxylic acids is 1. The summed E-state index contributed by atoms with van der Waals surface area (Å²) < 4.78 is 0. The van der Waals surface area contributed by atoms with Crippen LogP contribution >= 0.6 is 0 Å². The zero-order valence-corrected chi connectivity index (χ0v) is 13.1. The molecule has 1 aromatic rings. The zero-order chi connectivity index (χ0) is 15.1. The van der Waals surface area contributed by atoms with Gasteiger partial charge in [-0.2, -0.15) is 0 Å². The monoisotopic (exact) mass is 289 g/mol. The summed E-state index contributed by atoms with van der Waals surface area (Å²) in [6, 6.07) is 4.44. The molecule has 4 nitrogen and oxygen atoms in total. The second-order valence-electron chi connectivity index (χ2n) is 6.31. The average Bonchev–Trinajstić information content (AvgIpc) is 2.50. The van der Waals surface area contributed by atoms with Crippen LogP contribution in [-0.4, -0.2) is 23.5 Å². The molecule has 1 fully saturated rings. The quantitative estimate of drug-likeness (QED) is 0.846. The molecule has 0 aromatic carbocycles. The number of hydrogen-bond donors (Lipinski definition) is 2. The minimum Gasteiger partial charge on any atom is -0.352 e. The molecule has 0 spiro atoms. The molecule has 3 atom stereocenters. The fourth-order valence-corrected chi connectivity index (χ4v) is 2.91. The zero-order valence-electron chi connectivity index (χ0n) is 13.1. The molecular weight excluding hydrogens is 262 g/mol. The molecule has 0 bridgehead atoms. The minimum atomic E-state index is 0.101. The number of amides is 1. The van der Waals surface area contributed by atoms with Crippen LogP contribution in [0.15, 0.2) is 24.5 Å². The predicted molar refractivity (Wildman–Crippen MR) is 84.7 cm³/mol.